The van der Waals surface area contributed by atoms with E-state index >= 15 is 0 Å². The maximum atomic E-state index is 8.76. The Bertz CT molecular complexity index is 217. The maximum absolute atomic E-state index is 8.76. The van der Waals surface area contributed by atoms with Gasteiger partial charge < -0.3 is 11.5 Å². The van der Waals surface area contributed by atoms with Gasteiger partial charge in [0.25, 0.3) is 0 Å². The van der Waals surface area contributed by atoms with Crippen molar-refractivity contribution in [3.05, 3.63) is 5.53 Å². The highest BCUT2D eigenvalue weighted by Crippen LogP contribution is 2.07. The molecule has 60 valence electrons. The van der Waals surface area contributed by atoms with Crippen LogP contribution in [-0.4, -0.2) is 16.6 Å². The number of nitrogens with two attached hydrogens (primary N) is 2. The van der Waals surface area contributed by atoms with Gasteiger partial charge in [-0.15, -0.1) is 0 Å². The quantitative estimate of drug-likeness (QED) is 0.502. The summed E-state index contributed by atoms with van der Waals surface area (Å²) in [5.41, 5.74) is 19.7. The van der Waals surface area contributed by atoms with Gasteiger partial charge in [-0.05, 0) is 12.0 Å². The smallest absolute Gasteiger partial charge is 0.102 e. The van der Waals surface area contributed by atoms with Crippen LogP contribution in [0.5, 0.6) is 0 Å². The third-order valence-electron chi connectivity index (χ3n) is 1.53. The molecule has 0 saturated carbocycles. The maximum Gasteiger partial charge on any atom is 0.102 e. The summed E-state index contributed by atoms with van der Waals surface area (Å²) in [6.45, 7) is 1.92. The molecule has 0 saturated heterocycles. The Morgan fingerprint density at radius 1 is 1.45 bits per heavy atom. The predicted octanol–water partition coefficient (Wildman–Crippen LogP) is -0.395. The van der Waals surface area contributed by atoms with Crippen molar-refractivity contribution < 1.29 is 4.92 Å². The van der Waals surface area contributed by atoms with Crippen molar-refractivity contribution in [2.24, 2.45) is 27.6 Å². The Hall–Kier alpha value is -1.46. The van der Waals surface area contributed by atoms with Crippen molar-refractivity contribution in [1.29, 1.82) is 0 Å². The second kappa shape index (κ2) is 2.65. The van der Waals surface area contributed by atoms with E-state index in [9.17, 15) is 0 Å². The van der Waals surface area contributed by atoms with Crippen LogP contribution in [0.4, 0.5) is 0 Å². The highest BCUT2D eigenvalue weighted by molar-refractivity contribution is 6.04. The van der Waals surface area contributed by atoms with Gasteiger partial charge in [0.05, 0.1) is 5.92 Å². The van der Waals surface area contributed by atoms with Crippen LogP contribution in [0.1, 0.15) is 13.3 Å². The molecule has 1 aliphatic heterocycles. The van der Waals surface area contributed by atoms with E-state index in [1.54, 1.807) is 0 Å². The summed E-state index contributed by atoms with van der Waals surface area (Å²) in [6, 6.07) is 0. The molecule has 0 radical (unpaired) electrons. The lowest BCUT2D eigenvalue weighted by Gasteiger charge is -2.17. The van der Waals surface area contributed by atoms with E-state index in [0.29, 0.717) is 16.6 Å². The minimum atomic E-state index is -0.140. The molecule has 1 rings (SSSR count). The minimum absolute atomic E-state index is 0.140. The van der Waals surface area contributed by atoms with E-state index in [2.05, 4.69) is 10.2 Å². The Morgan fingerprint density at radius 2 is 1.91 bits per heavy atom. The Balaban J connectivity index is 2.90. The lowest BCUT2D eigenvalue weighted by molar-refractivity contribution is -0.562. The van der Waals surface area contributed by atoms with Gasteiger partial charge in [0.2, 0.25) is 0 Å². The molecule has 0 aromatic carbocycles. The minimum Gasteiger partial charge on any atom is -0.395 e. The highest BCUT2D eigenvalue weighted by atomic mass is 15.7. The first kappa shape index (κ1) is 7.64. The van der Waals surface area contributed by atoms with Gasteiger partial charge in [-0.3, -0.25) is 0 Å². The van der Waals surface area contributed by atoms with E-state index in [1.807, 2.05) is 6.92 Å². The molecule has 11 heavy (non-hydrogen) atoms. The number of hydrazone groups is 2. The molecule has 0 aromatic heterocycles. The third kappa shape index (κ3) is 1.34. The normalized spacial score (nSPS) is 19.5. The van der Waals surface area contributed by atoms with Crippen molar-refractivity contribution in [1.82, 2.24) is 0 Å². The fraction of sp³-hybridized carbons (Fsp3) is 0.600. The van der Waals surface area contributed by atoms with Crippen LogP contribution < -0.4 is 11.5 Å². The van der Waals surface area contributed by atoms with Gasteiger partial charge >= 0.3 is 0 Å². The molecular formula is C5H10N6. The number of nitrogens with zero attached hydrogens (tertiary/aromatic N) is 4. The monoisotopic (exact) mass is 154 g/mol. The molecule has 4 N–H and O–H groups in total. The van der Waals surface area contributed by atoms with Crippen molar-refractivity contribution in [2.45, 2.75) is 13.3 Å². The molecule has 0 unspecified atom stereocenters. The van der Waals surface area contributed by atoms with E-state index in [1.165, 1.54) is 0 Å². The van der Waals surface area contributed by atoms with E-state index in [0.717, 1.165) is 6.42 Å². The molecule has 0 atom stereocenters. The van der Waals surface area contributed by atoms with Crippen molar-refractivity contribution in [3.63, 3.8) is 0 Å². The summed E-state index contributed by atoms with van der Waals surface area (Å²) >= 11 is 0. The van der Waals surface area contributed by atoms with Crippen LogP contribution in [0.3, 0.4) is 0 Å². The van der Waals surface area contributed by atoms with Gasteiger partial charge in [0.15, 0.2) is 0 Å². The summed E-state index contributed by atoms with van der Waals surface area (Å²) in [5, 5.41) is 7.00. The zero-order valence-electron chi connectivity index (χ0n) is 6.23. The van der Waals surface area contributed by atoms with Crippen LogP contribution in [0.25, 0.3) is 5.53 Å². The first-order chi connectivity index (χ1) is 5.15. The third-order valence-corrected chi connectivity index (χ3v) is 1.53. The molecule has 0 aliphatic carbocycles. The average molecular weight is 154 g/mol. The summed E-state index contributed by atoms with van der Waals surface area (Å²) in [6.07, 6.45) is 0.735. The molecular weight excluding hydrogens is 144 g/mol. The number of rotatable bonds is 1. The van der Waals surface area contributed by atoms with E-state index in [4.69, 9.17) is 17.0 Å². The summed E-state index contributed by atoms with van der Waals surface area (Å²) in [7, 11) is 0. The van der Waals surface area contributed by atoms with Crippen molar-refractivity contribution >= 4 is 11.7 Å². The van der Waals surface area contributed by atoms with Crippen LogP contribution >= 0.6 is 0 Å². The Kier molecular flexibility index (Phi) is 1.84. The summed E-state index contributed by atoms with van der Waals surface area (Å²) in [4.78, 5) is 0.386. The Labute approximate surface area is 64.1 Å². The van der Waals surface area contributed by atoms with Gasteiger partial charge in [0.1, 0.15) is 11.7 Å². The predicted molar refractivity (Wildman–Crippen MR) is 40.6 cm³/mol. The SMILES string of the molecule is CCC1C(N)=N[N+](=[N-])N=C1N. The van der Waals surface area contributed by atoms with Gasteiger partial charge in [-0.1, -0.05) is 17.1 Å². The summed E-state index contributed by atoms with van der Waals surface area (Å²) < 4.78 is 0. The molecule has 1 aliphatic rings. The lowest BCUT2D eigenvalue weighted by atomic mass is 10.0. The standard InChI is InChI=1S/C5H10N6/c1-2-3-4(6)9-11(8)10-5(3)7/h3H,2H2,1H3,(H2,6,9)(H2,7,10). The van der Waals surface area contributed by atoms with Crippen LogP contribution in [0.15, 0.2) is 10.2 Å². The summed E-state index contributed by atoms with van der Waals surface area (Å²) in [5.74, 6) is 0.448. The van der Waals surface area contributed by atoms with Crippen molar-refractivity contribution in [3.8, 4) is 0 Å². The molecule has 0 bridgehead atoms. The van der Waals surface area contributed by atoms with Crippen molar-refractivity contribution in [2.75, 3.05) is 0 Å². The fourth-order valence-corrected chi connectivity index (χ4v) is 0.938. The zero-order valence-corrected chi connectivity index (χ0v) is 6.23. The molecule has 6 heteroatoms. The van der Waals surface area contributed by atoms with Gasteiger partial charge in [-0.25, -0.2) is 0 Å². The number of amidine groups is 2. The van der Waals surface area contributed by atoms with Crippen LogP contribution in [0, 0.1) is 5.92 Å². The zero-order chi connectivity index (χ0) is 8.43. The first-order valence-corrected chi connectivity index (χ1v) is 3.32. The lowest BCUT2D eigenvalue weighted by Crippen LogP contribution is -2.39. The molecule has 6 nitrogen and oxygen atoms in total. The van der Waals surface area contributed by atoms with E-state index in [-0.39, 0.29) is 5.92 Å². The van der Waals surface area contributed by atoms with Crippen LogP contribution in [0.2, 0.25) is 0 Å². The Morgan fingerprint density at radius 3 is 2.27 bits per heavy atom. The fourth-order valence-electron chi connectivity index (χ4n) is 0.938. The second-order valence-electron chi connectivity index (χ2n) is 2.28. The number of hydrogen-bond acceptors (Lipinski definition) is 2. The topological polar surface area (TPSA) is 102 Å². The average Bonchev–Trinajstić information content (AvgIpc) is 1.85. The number of hydrogen-bond donors (Lipinski definition) is 2. The molecule has 0 aromatic rings. The second-order valence-corrected chi connectivity index (χ2v) is 2.28. The van der Waals surface area contributed by atoms with Gasteiger partial charge in [-0.2, -0.15) is 0 Å². The van der Waals surface area contributed by atoms with Crippen LogP contribution in [-0.2, 0) is 0 Å². The molecule has 0 spiro atoms. The van der Waals surface area contributed by atoms with E-state index < -0.39 is 0 Å². The van der Waals surface area contributed by atoms with Gasteiger partial charge in [0, 0.05) is 4.92 Å². The molecule has 0 amide bonds. The molecule has 0 fully saturated rings. The molecule has 1 heterocycles. The first-order valence-electron chi connectivity index (χ1n) is 3.32. The highest BCUT2D eigenvalue weighted by Gasteiger charge is 2.18. The largest absolute Gasteiger partial charge is 0.395 e.